The standard InChI is InChI=1S/C22H27N3O5/c1-14(2)20(22(28)23-12-18-5-4-10-30-18)24-21(27)15-11-19(26)25(13-15)16-6-8-17(29-3)9-7-16/h4-10,14-15,20H,11-13H2,1-3H3,(H,23,28)(H,24,27)/t15?,20-/m1/s1. The molecule has 0 radical (unpaired) electrons. The summed E-state index contributed by atoms with van der Waals surface area (Å²) in [5.41, 5.74) is 0.715. The number of amides is 3. The molecule has 0 spiro atoms. The van der Waals surface area contributed by atoms with Gasteiger partial charge in [0.1, 0.15) is 17.6 Å². The molecule has 1 aliphatic heterocycles. The predicted molar refractivity (Wildman–Crippen MR) is 111 cm³/mol. The van der Waals surface area contributed by atoms with Gasteiger partial charge in [0.05, 0.1) is 25.8 Å². The maximum atomic E-state index is 12.8. The Morgan fingerprint density at radius 2 is 1.97 bits per heavy atom. The minimum Gasteiger partial charge on any atom is -0.497 e. The van der Waals surface area contributed by atoms with Crippen molar-refractivity contribution in [3.05, 3.63) is 48.4 Å². The number of rotatable bonds is 8. The molecular weight excluding hydrogens is 386 g/mol. The van der Waals surface area contributed by atoms with E-state index in [0.717, 1.165) is 0 Å². The van der Waals surface area contributed by atoms with Crippen molar-refractivity contribution in [2.45, 2.75) is 32.9 Å². The van der Waals surface area contributed by atoms with Crippen LogP contribution in [-0.4, -0.2) is 37.4 Å². The molecule has 1 saturated heterocycles. The second-order valence-corrected chi connectivity index (χ2v) is 7.63. The molecule has 1 aromatic heterocycles. The van der Waals surface area contributed by atoms with E-state index in [2.05, 4.69) is 10.6 Å². The molecule has 2 heterocycles. The fraction of sp³-hybridized carbons (Fsp3) is 0.409. The molecule has 30 heavy (non-hydrogen) atoms. The van der Waals surface area contributed by atoms with Gasteiger partial charge in [0, 0.05) is 18.7 Å². The smallest absolute Gasteiger partial charge is 0.243 e. The van der Waals surface area contributed by atoms with E-state index in [1.807, 2.05) is 13.8 Å². The molecule has 2 atom stereocenters. The molecule has 3 rings (SSSR count). The number of carbonyl (C=O) groups excluding carboxylic acids is 3. The summed E-state index contributed by atoms with van der Waals surface area (Å²) in [7, 11) is 1.58. The fourth-order valence-corrected chi connectivity index (χ4v) is 3.40. The van der Waals surface area contributed by atoms with Gasteiger partial charge >= 0.3 is 0 Å². The third-order valence-electron chi connectivity index (χ3n) is 5.14. The molecule has 0 bridgehead atoms. The van der Waals surface area contributed by atoms with Crippen LogP contribution in [0.3, 0.4) is 0 Å². The predicted octanol–water partition coefficient (Wildman–Crippen LogP) is 2.10. The number of ether oxygens (including phenoxy) is 1. The first kappa shape index (κ1) is 21.4. The first-order valence-corrected chi connectivity index (χ1v) is 9.94. The van der Waals surface area contributed by atoms with Gasteiger partial charge in [-0.15, -0.1) is 0 Å². The summed E-state index contributed by atoms with van der Waals surface area (Å²) in [5, 5.41) is 5.60. The van der Waals surface area contributed by atoms with E-state index < -0.39 is 12.0 Å². The Labute approximate surface area is 175 Å². The number of hydrogen-bond acceptors (Lipinski definition) is 5. The SMILES string of the molecule is COc1ccc(N2CC(C(=O)N[C@@H](C(=O)NCc3ccco3)C(C)C)CC2=O)cc1. The first-order valence-electron chi connectivity index (χ1n) is 9.94. The molecule has 8 heteroatoms. The second-order valence-electron chi connectivity index (χ2n) is 7.63. The van der Waals surface area contributed by atoms with Gasteiger partial charge in [0.25, 0.3) is 0 Å². The van der Waals surface area contributed by atoms with Crippen molar-refractivity contribution >= 4 is 23.4 Å². The van der Waals surface area contributed by atoms with E-state index in [9.17, 15) is 14.4 Å². The van der Waals surface area contributed by atoms with Crippen molar-refractivity contribution in [3.63, 3.8) is 0 Å². The summed E-state index contributed by atoms with van der Waals surface area (Å²) in [6, 6.07) is 9.93. The van der Waals surface area contributed by atoms with Gasteiger partial charge in [-0.05, 0) is 42.3 Å². The number of carbonyl (C=O) groups is 3. The van der Waals surface area contributed by atoms with E-state index in [0.29, 0.717) is 17.2 Å². The first-order chi connectivity index (χ1) is 14.4. The lowest BCUT2D eigenvalue weighted by molar-refractivity contribution is -0.132. The molecule has 160 valence electrons. The van der Waals surface area contributed by atoms with Crippen LogP contribution in [0.15, 0.2) is 47.1 Å². The molecule has 1 unspecified atom stereocenters. The van der Waals surface area contributed by atoms with Gasteiger partial charge < -0.3 is 24.7 Å². The van der Waals surface area contributed by atoms with E-state index >= 15 is 0 Å². The quantitative estimate of drug-likeness (QED) is 0.690. The van der Waals surface area contributed by atoms with Crippen LogP contribution >= 0.6 is 0 Å². The monoisotopic (exact) mass is 413 g/mol. The Bertz CT molecular complexity index is 877. The van der Waals surface area contributed by atoms with Gasteiger partial charge in [-0.3, -0.25) is 14.4 Å². The van der Waals surface area contributed by atoms with Crippen LogP contribution in [0.25, 0.3) is 0 Å². The van der Waals surface area contributed by atoms with Crippen molar-refractivity contribution < 1.29 is 23.5 Å². The topological polar surface area (TPSA) is 101 Å². The van der Waals surface area contributed by atoms with Gasteiger partial charge in [0.15, 0.2) is 0 Å². The highest BCUT2D eigenvalue weighted by Gasteiger charge is 2.37. The summed E-state index contributed by atoms with van der Waals surface area (Å²) in [4.78, 5) is 39.4. The van der Waals surface area contributed by atoms with Crippen LogP contribution in [-0.2, 0) is 20.9 Å². The Morgan fingerprint density at radius 3 is 2.57 bits per heavy atom. The molecule has 2 aromatic rings. The summed E-state index contributed by atoms with van der Waals surface area (Å²) in [6.45, 7) is 4.25. The Morgan fingerprint density at radius 1 is 1.23 bits per heavy atom. The molecule has 8 nitrogen and oxygen atoms in total. The Kier molecular flexibility index (Phi) is 6.76. The number of anilines is 1. The van der Waals surface area contributed by atoms with Gasteiger partial charge in [-0.2, -0.15) is 0 Å². The summed E-state index contributed by atoms with van der Waals surface area (Å²) < 4.78 is 10.4. The highest BCUT2D eigenvalue weighted by molar-refractivity contribution is 6.01. The highest BCUT2D eigenvalue weighted by Crippen LogP contribution is 2.27. The minimum atomic E-state index is -0.697. The van der Waals surface area contributed by atoms with Gasteiger partial charge in [-0.25, -0.2) is 0 Å². The van der Waals surface area contributed by atoms with Crippen LogP contribution in [0.1, 0.15) is 26.0 Å². The van der Waals surface area contributed by atoms with Gasteiger partial charge in [-0.1, -0.05) is 13.8 Å². The van der Waals surface area contributed by atoms with Crippen LogP contribution in [0.4, 0.5) is 5.69 Å². The van der Waals surface area contributed by atoms with Crippen LogP contribution < -0.4 is 20.3 Å². The Balaban J connectivity index is 1.60. The molecule has 1 fully saturated rings. The maximum absolute atomic E-state index is 12.8. The lowest BCUT2D eigenvalue weighted by atomic mass is 10.0. The molecule has 0 saturated carbocycles. The number of nitrogens with zero attached hydrogens (tertiary/aromatic N) is 1. The fourth-order valence-electron chi connectivity index (χ4n) is 3.40. The van der Waals surface area contributed by atoms with Crippen molar-refractivity contribution in [2.24, 2.45) is 11.8 Å². The highest BCUT2D eigenvalue weighted by atomic mass is 16.5. The number of methoxy groups -OCH3 is 1. The third-order valence-corrected chi connectivity index (χ3v) is 5.14. The van der Waals surface area contributed by atoms with Gasteiger partial charge in [0.2, 0.25) is 17.7 Å². The number of benzene rings is 1. The van der Waals surface area contributed by atoms with Crippen LogP contribution in [0, 0.1) is 11.8 Å². The Hall–Kier alpha value is -3.29. The van der Waals surface area contributed by atoms with Crippen molar-refractivity contribution in [1.82, 2.24) is 10.6 Å². The zero-order valence-electron chi connectivity index (χ0n) is 17.4. The summed E-state index contributed by atoms with van der Waals surface area (Å²) in [5.74, 6) is -0.00576. The molecular formula is C22H27N3O5. The molecule has 2 N–H and O–H groups in total. The zero-order chi connectivity index (χ0) is 21.7. The molecule has 3 amide bonds. The van der Waals surface area contributed by atoms with E-state index in [-0.39, 0.29) is 43.1 Å². The molecule has 0 aliphatic carbocycles. The number of furan rings is 1. The lowest BCUT2D eigenvalue weighted by Gasteiger charge is -2.23. The molecule has 1 aliphatic rings. The second kappa shape index (κ2) is 9.47. The normalized spacial score (nSPS) is 17.1. The third kappa shape index (κ3) is 5.00. The summed E-state index contributed by atoms with van der Waals surface area (Å²) >= 11 is 0. The number of nitrogens with one attached hydrogen (secondary N) is 2. The number of hydrogen-bond donors (Lipinski definition) is 2. The van der Waals surface area contributed by atoms with Crippen LogP contribution in [0.5, 0.6) is 5.75 Å². The average Bonchev–Trinajstić information content (AvgIpc) is 3.39. The minimum absolute atomic E-state index is 0.108. The van der Waals surface area contributed by atoms with Crippen molar-refractivity contribution in [3.8, 4) is 5.75 Å². The van der Waals surface area contributed by atoms with Crippen molar-refractivity contribution in [1.29, 1.82) is 0 Å². The van der Waals surface area contributed by atoms with E-state index in [1.54, 1.807) is 48.4 Å². The van der Waals surface area contributed by atoms with Crippen molar-refractivity contribution in [2.75, 3.05) is 18.6 Å². The molecule has 1 aromatic carbocycles. The largest absolute Gasteiger partial charge is 0.497 e. The average molecular weight is 413 g/mol. The van der Waals surface area contributed by atoms with Crippen LogP contribution in [0.2, 0.25) is 0 Å². The van der Waals surface area contributed by atoms with E-state index in [1.165, 1.54) is 6.26 Å². The zero-order valence-corrected chi connectivity index (χ0v) is 17.4. The maximum Gasteiger partial charge on any atom is 0.243 e. The summed E-state index contributed by atoms with van der Waals surface area (Å²) in [6.07, 6.45) is 1.64. The lowest BCUT2D eigenvalue weighted by Crippen LogP contribution is -2.51. The van der Waals surface area contributed by atoms with E-state index in [4.69, 9.17) is 9.15 Å².